The summed E-state index contributed by atoms with van der Waals surface area (Å²) in [5, 5.41) is 12.8. The maximum absolute atomic E-state index is 11.1. The molecule has 9 heteroatoms. The van der Waals surface area contributed by atoms with E-state index in [0.29, 0.717) is 0 Å². The fourth-order valence-electron chi connectivity index (χ4n) is 0.921. The number of aliphatic carboxylic acids is 1. The Labute approximate surface area is 96.5 Å². The normalized spacial score (nSPS) is 11.3. The number of hydrogen-bond acceptors (Lipinski definition) is 4. The van der Waals surface area contributed by atoms with Crippen molar-refractivity contribution >= 4 is 23.8 Å². The summed E-state index contributed by atoms with van der Waals surface area (Å²) in [7, 11) is 0. The molecule has 4 amide bonds. The molecule has 17 heavy (non-hydrogen) atoms. The van der Waals surface area contributed by atoms with Crippen molar-refractivity contribution in [2.45, 2.75) is 18.9 Å². The Balaban J connectivity index is 4.15. The SMILES string of the molecule is NC(=O)CC[C@@H](NC(=O)NCC(N)=O)C(=O)O. The quantitative estimate of drug-likeness (QED) is 0.334. The molecule has 0 bridgehead atoms. The van der Waals surface area contributed by atoms with Crippen LogP contribution in [0.3, 0.4) is 0 Å². The minimum atomic E-state index is -1.31. The van der Waals surface area contributed by atoms with Gasteiger partial charge in [0.25, 0.3) is 0 Å². The molecule has 0 unspecified atom stereocenters. The molecule has 0 aliphatic heterocycles. The van der Waals surface area contributed by atoms with Crippen molar-refractivity contribution in [1.29, 1.82) is 0 Å². The second kappa shape index (κ2) is 7.04. The van der Waals surface area contributed by atoms with Gasteiger partial charge in [0.1, 0.15) is 6.04 Å². The lowest BCUT2D eigenvalue weighted by Crippen LogP contribution is -2.48. The van der Waals surface area contributed by atoms with Gasteiger partial charge in [0.15, 0.2) is 0 Å². The second-order valence-corrected chi connectivity index (χ2v) is 3.19. The van der Waals surface area contributed by atoms with Crippen LogP contribution in [0, 0.1) is 0 Å². The molecule has 1 atom stereocenters. The lowest BCUT2D eigenvalue weighted by atomic mass is 10.1. The van der Waals surface area contributed by atoms with Crippen LogP contribution in [0.1, 0.15) is 12.8 Å². The van der Waals surface area contributed by atoms with Gasteiger partial charge in [-0.3, -0.25) is 9.59 Å². The highest BCUT2D eigenvalue weighted by Crippen LogP contribution is 1.97. The number of hydrogen-bond donors (Lipinski definition) is 5. The van der Waals surface area contributed by atoms with E-state index >= 15 is 0 Å². The Morgan fingerprint density at radius 2 is 1.71 bits per heavy atom. The molecule has 0 rings (SSSR count). The highest BCUT2D eigenvalue weighted by atomic mass is 16.4. The van der Waals surface area contributed by atoms with Crippen LogP contribution in [-0.2, 0) is 14.4 Å². The summed E-state index contributed by atoms with van der Waals surface area (Å²) in [5.74, 6) is -2.74. The summed E-state index contributed by atoms with van der Waals surface area (Å²) in [6, 6.07) is -2.11. The molecule has 9 nitrogen and oxygen atoms in total. The molecule has 0 radical (unpaired) electrons. The number of carbonyl (C=O) groups excluding carboxylic acids is 3. The molecular formula is C8H14N4O5. The van der Waals surface area contributed by atoms with Crippen LogP contribution in [0.15, 0.2) is 0 Å². The summed E-state index contributed by atoms with van der Waals surface area (Å²) in [6.07, 6.45) is -0.304. The molecule has 0 saturated carbocycles. The Bertz CT molecular complexity index is 330. The van der Waals surface area contributed by atoms with Crippen LogP contribution >= 0.6 is 0 Å². The molecule has 0 aromatic rings. The van der Waals surface area contributed by atoms with Crippen molar-refractivity contribution in [2.24, 2.45) is 11.5 Å². The van der Waals surface area contributed by atoms with Crippen LogP contribution in [0.25, 0.3) is 0 Å². The van der Waals surface area contributed by atoms with Gasteiger partial charge in [-0.1, -0.05) is 0 Å². The van der Waals surface area contributed by atoms with Gasteiger partial charge in [-0.05, 0) is 6.42 Å². The third-order valence-corrected chi connectivity index (χ3v) is 1.71. The number of nitrogens with one attached hydrogen (secondary N) is 2. The fourth-order valence-corrected chi connectivity index (χ4v) is 0.921. The smallest absolute Gasteiger partial charge is 0.326 e. The highest BCUT2D eigenvalue weighted by molar-refractivity contribution is 5.86. The largest absolute Gasteiger partial charge is 0.480 e. The summed E-state index contributed by atoms with van der Waals surface area (Å²) in [4.78, 5) is 42.6. The average Bonchev–Trinajstić information content (AvgIpc) is 2.20. The van der Waals surface area contributed by atoms with Gasteiger partial charge >= 0.3 is 12.0 Å². The van der Waals surface area contributed by atoms with Gasteiger partial charge in [0, 0.05) is 6.42 Å². The zero-order valence-electron chi connectivity index (χ0n) is 8.93. The third kappa shape index (κ3) is 7.59. The number of urea groups is 1. The van der Waals surface area contributed by atoms with Crippen LogP contribution in [0.2, 0.25) is 0 Å². The predicted octanol–water partition coefficient (Wildman–Crippen LogP) is -2.51. The predicted molar refractivity (Wildman–Crippen MR) is 55.6 cm³/mol. The van der Waals surface area contributed by atoms with Crippen molar-refractivity contribution in [3.8, 4) is 0 Å². The van der Waals surface area contributed by atoms with E-state index in [1.54, 1.807) is 0 Å². The Morgan fingerprint density at radius 1 is 1.12 bits per heavy atom. The first-order valence-corrected chi connectivity index (χ1v) is 4.66. The van der Waals surface area contributed by atoms with Gasteiger partial charge in [0.05, 0.1) is 6.54 Å². The zero-order valence-corrected chi connectivity index (χ0v) is 8.93. The molecule has 0 aromatic carbocycles. The number of primary amides is 2. The maximum atomic E-state index is 11.1. The Kier molecular flexibility index (Phi) is 6.08. The Morgan fingerprint density at radius 3 is 2.12 bits per heavy atom. The lowest BCUT2D eigenvalue weighted by Gasteiger charge is -2.13. The van der Waals surface area contributed by atoms with Crippen LogP contribution in [-0.4, -0.2) is 41.5 Å². The monoisotopic (exact) mass is 246 g/mol. The van der Waals surface area contributed by atoms with Crippen LogP contribution < -0.4 is 22.1 Å². The summed E-state index contributed by atoms with van der Waals surface area (Å²) < 4.78 is 0. The molecule has 0 aliphatic carbocycles. The first kappa shape index (κ1) is 14.7. The number of carboxylic acid groups (broad SMARTS) is 1. The van der Waals surface area contributed by atoms with Crippen molar-refractivity contribution in [1.82, 2.24) is 10.6 Å². The van der Waals surface area contributed by atoms with Crippen molar-refractivity contribution in [3.05, 3.63) is 0 Å². The standard InChI is InChI=1S/C8H14N4O5/c9-5(13)2-1-4(7(15)16)12-8(17)11-3-6(10)14/h4H,1-3H2,(H2,9,13)(H2,10,14)(H,15,16)(H2,11,12,17)/t4-/m1/s1. The molecule has 96 valence electrons. The first-order valence-electron chi connectivity index (χ1n) is 4.66. The molecular weight excluding hydrogens is 232 g/mol. The van der Waals surface area contributed by atoms with E-state index in [4.69, 9.17) is 16.6 Å². The fraction of sp³-hybridized carbons (Fsp3) is 0.500. The average molecular weight is 246 g/mol. The van der Waals surface area contributed by atoms with E-state index in [1.165, 1.54) is 0 Å². The highest BCUT2D eigenvalue weighted by Gasteiger charge is 2.20. The van der Waals surface area contributed by atoms with Gasteiger partial charge in [-0.25, -0.2) is 9.59 Å². The molecule has 0 spiro atoms. The molecule has 0 aliphatic rings. The molecule has 0 saturated heterocycles. The third-order valence-electron chi connectivity index (χ3n) is 1.71. The zero-order chi connectivity index (χ0) is 13.4. The molecule has 0 aromatic heterocycles. The van der Waals surface area contributed by atoms with E-state index in [0.717, 1.165) is 0 Å². The van der Waals surface area contributed by atoms with Gasteiger partial charge in [-0.15, -0.1) is 0 Å². The first-order chi connectivity index (χ1) is 7.82. The molecule has 0 heterocycles. The number of amides is 4. The van der Waals surface area contributed by atoms with Crippen molar-refractivity contribution in [2.75, 3.05) is 6.54 Å². The molecule has 0 fully saturated rings. The van der Waals surface area contributed by atoms with Crippen LogP contribution in [0.5, 0.6) is 0 Å². The summed E-state index contributed by atoms with van der Waals surface area (Å²) >= 11 is 0. The molecule has 7 N–H and O–H groups in total. The van der Waals surface area contributed by atoms with E-state index in [2.05, 4.69) is 10.6 Å². The van der Waals surface area contributed by atoms with E-state index in [1.807, 2.05) is 0 Å². The van der Waals surface area contributed by atoms with E-state index < -0.39 is 36.4 Å². The van der Waals surface area contributed by atoms with Gasteiger partial charge in [-0.2, -0.15) is 0 Å². The van der Waals surface area contributed by atoms with Crippen LogP contribution in [0.4, 0.5) is 4.79 Å². The van der Waals surface area contributed by atoms with E-state index in [-0.39, 0.29) is 12.8 Å². The minimum Gasteiger partial charge on any atom is -0.480 e. The lowest BCUT2D eigenvalue weighted by molar-refractivity contribution is -0.139. The second-order valence-electron chi connectivity index (χ2n) is 3.19. The maximum Gasteiger partial charge on any atom is 0.326 e. The van der Waals surface area contributed by atoms with Crippen molar-refractivity contribution < 1.29 is 24.3 Å². The Hall–Kier alpha value is -2.32. The summed E-state index contributed by atoms with van der Waals surface area (Å²) in [6.45, 7) is -0.409. The number of rotatable bonds is 7. The van der Waals surface area contributed by atoms with Crippen molar-refractivity contribution in [3.63, 3.8) is 0 Å². The van der Waals surface area contributed by atoms with Gasteiger partial charge < -0.3 is 27.2 Å². The van der Waals surface area contributed by atoms with Gasteiger partial charge in [0.2, 0.25) is 11.8 Å². The summed E-state index contributed by atoms with van der Waals surface area (Å²) in [5.41, 5.74) is 9.62. The number of carbonyl (C=O) groups is 4. The minimum absolute atomic E-state index is 0.130. The number of carboxylic acids is 1. The van der Waals surface area contributed by atoms with E-state index in [9.17, 15) is 19.2 Å². The number of nitrogens with two attached hydrogens (primary N) is 2. The topological polar surface area (TPSA) is 165 Å².